The van der Waals surface area contributed by atoms with Gasteiger partial charge in [0.25, 0.3) is 0 Å². The van der Waals surface area contributed by atoms with Crippen LogP contribution < -0.4 is 4.74 Å². The predicted octanol–water partition coefficient (Wildman–Crippen LogP) is 3.51. The van der Waals surface area contributed by atoms with Crippen LogP contribution >= 0.6 is 0 Å². The molecule has 0 fully saturated rings. The van der Waals surface area contributed by atoms with Crippen molar-refractivity contribution >= 4 is 11.9 Å². The smallest absolute Gasteiger partial charge is 0.121 e. The molecule has 2 heteroatoms. The molecule has 76 valence electrons. The molecular weight excluding hydrogens is 174 g/mol. The first-order valence-electron chi connectivity index (χ1n) is 5.00. The Labute approximate surface area is 85.6 Å². The molecule has 0 bridgehead atoms. The van der Waals surface area contributed by atoms with Crippen LogP contribution in [-0.2, 0) is 0 Å². The van der Waals surface area contributed by atoms with Gasteiger partial charge in [-0.15, -0.1) is 0 Å². The molecule has 0 saturated heterocycles. The summed E-state index contributed by atoms with van der Waals surface area (Å²) >= 11 is 0. The molecular formula is C12H17NO. The second kappa shape index (κ2) is 5.43. The Hall–Kier alpha value is -1.31. The Morgan fingerprint density at radius 1 is 1.43 bits per heavy atom. The first-order chi connectivity index (χ1) is 6.77. The van der Waals surface area contributed by atoms with Gasteiger partial charge in [-0.25, -0.2) is 0 Å². The van der Waals surface area contributed by atoms with Gasteiger partial charge in [0.2, 0.25) is 0 Å². The van der Waals surface area contributed by atoms with E-state index in [9.17, 15) is 0 Å². The summed E-state index contributed by atoms with van der Waals surface area (Å²) in [7, 11) is 0. The summed E-state index contributed by atoms with van der Waals surface area (Å²) in [6.07, 6.45) is 2.83. The van der Waals surface area contributed by atoms with Crippen molar-refractivity contribution in [3.8, 4) is 5.75 Å². The minimum atomic E-state index is 0.762. The molecule has 0 atom stereocenters. The predicted molar refractivity (Wildman–Crippen MR) is 60.8 cm³/mol. The van der Waals surface area contributed by atoms with Crippen molar-refractivity contribution in [2.75, 3.05) is 6.61 Å². The third-order valence-corrected chi connectivity index (χ3v) is 1.92. The van der Waals surface area contributed by atoms with Crippen LogP contribution in [-0.4, -0.2) is 12.8 Å². The summed E-state index contributed by atoms with van der Waals surface area (Å²) in [6, 6.07) is 6.00. The van der Waals surface area contributed by atoms with E-state index in [4.69, 9.17) is 4.74 Å². The van der Waals surface area contributed by atoms with E-state index in [2.05, 4.69) is 11.9 Å². The maximum atomic E-state index is 5.52. The summed E-state index contributed by atoms with van der Waals surface area (Å²) in [4.78, 5) is 4.27. The molecule has 0 amide bonds. The third kappa shape index (κ3) is 2.87. The molecule has 2 nitrogen and oxygen atoms in total. The van der Waals surface area contributed by atoms with E-state index < -0.39 is 0 Å². The van der Waals surface area contributed by atoms with Crippen LogP contribution in [0.1, 0.15) is 25.8 Å². The summed E-state index contributed by atoms with van der Waals surface area (Å²) in [5.41, 5.74) is 2.16. The average Bonchev–Trinajstić information content (AvgIpc) is 2.19. The Morgan fingerprint density at radius 2 is 2.21 bits per heavy atom. The van der Waals surface area contributed by atoms with Gasteiger partial charge < -0.3 is 4.74 Å². The molecule has 0 heterocycles. The van der Waals surface area contributed by atoms with E-state index in [1.807, 2.05) is 32.0 Å². The Kier molecular flexibility index (Phi) is 4.17. The van der Waals surface area contributed by atoms with Crippen molar-refractivity contribution in [1.29, 1.82) is 0 Å². The van der Waals surface area contributed by atoms with E-state index in [0.717, 1.165) is 24.5 Å². The lowest BCUT2D eigenvalue weighted by atomic mass is 10.2. The zero-order valence-corrected chi connectivity index (χ0v) is 9.08. The maximum Gasteiger partial charge on any atom is 0.121 e. The summed E-state index contributed by atoms with van der Waals surface area (Å²) in [6.45, 7) is 6.82. The van der Waals surface area contributed by atoms with Crippen LogP contribution in [0.5, 0.6) is 5.75 Å². The van der Waals surface area contributed by atoms with E-state index >= 15 is 0 Å². The zero-order chi connectivity index (χ0) is 10.4. The lowest BCUT2D eigenvalue weighted by Gasteiger charge is -2.06. The van der Waals surface area contributed by atoms with Gasteiger partial charge in [0.05, 0.1) is 12.3 Å². The van der Waals surface area contributed by atoms with Crippen LogP contribution in [0.25, 0.3) is 0 Å². The van der Waals surface area contributed by atoms with Gasteiger partial charge in [0, 0.05) is 12.3 Å². The molecule has 0 aromatic heterocycles. The summed E-state index contributed by atoms with van der Waals surface area (Å²) < 4.78 is 5.52. The lowest BCUT2D eigenvalue weighted by molar-refractivity contribution is 0.317. The molecule has 0 spiro atoms. The summed E-state index contributed by atoms with van der Waals surface area (Å²) in [5.74, 6) is 0.901. The number of ether oxygens (including phenoxy) is 1. The van der Waals surface area contributed by atoms with E-state index in [1.165, 1.54) is 5.56 Å². The van der Waals surface area contributed by atoms with E-state index in [1.54, 1.807) is 6.21 Å². The number of hydrogen-bond acceptors (Lipinski definition) is 2. The molecule has 1 rings (SSSR count). The number of hydrogen-bond donors (Lipinski definition) is 0. The van der Waals surface area contributed by atoms with Gasteiger partial charge in [-0.3, -0.25) is 4.99 Å². The number of aliphatic imine (C=N–C) groups is 1. The molecule has 14 heavy (non-hydrogen) atoms. The minimum absolute atomic E-state index is 0.762. The largest absolute Gasteiger partial charge is 0.494 e. The number of benzene rings is 1. The fourth-order valence-electron chi connectivity index (χ4n) is 1.18. The molecule has 0 radical (unpaired) electrons. The first kappa shape index (κ1) is 10.8. The first-order valence-corrected chi connectivity index (χ1v) is 5.00. The molecule has 0 saturated carbocycles. The van der Waals surface area contributed by atoms with Gasteiger partial charge in [-0.05, 0) is 31.9 Å². The monoisotopic (exact) mass is 191 g/mol. The van der Waals surface area contributed by atoms with Gasteiger partial charge in [-0.2, -0.15) is 0 Å². The fraction of sp³-hybridized carbons (Fsp3) is 0.417. The van der Waals surface area contributed by atoms with Crippen molar-refractivity contribution in [2.24, 2.45) is 4.99 Å². The summed E-state index contributed by atoms with van der Waals surface area (Å²) in [5, 5.41) is 0. The highest BCUT2D eigenvalue weighted by molar-refractivity contribution is 5.63. The van der Waals surface area contributed by atoms with Crippen LogP contribution in [0, 0.1) is 6.92 Å². The van der Waals surface area contributed by atoms with Crippen LogP contribution in [0.2, 0.25) is 0 Å². The van der Waals surface area contributed by atoms with Gasteiger partial charge in [0.15, 0.2) is 0 Å². The quantitative estimate of drug-likeness (QED) is 0.667. The topological polar surface area (TPSA) is 21.6 Å². The highest BCUT2D eigenvalue weighted by atomic mass is 16.5. The van der Waals surface area contributed by atoms with E-state index in [-0.39, 0.29) is 0 Å². The molecule has 0 N–H and O–H groups in total. The fourth-order valence-corrected chi connectivity index (χ4v) is 1.18. The Morgan fingerprint density at radius 3 is 2.86 bits per heavy atom. The van der Waals surface area contributed by atoms with Crippen LogP contribution in [0.4, 0.5) is 5.69 Å². The standard InChI is InChI=1S/C12H17NO/c1-4-8-14-11-7-6-10(3)12(9-11)13-5-2/h5-7,9H,4,8H2,1-3H3. The van der Waals surface area contributed by atoms with Gasteiger partial charge in [-0.1, -0.05) is 13.0 Å². The highest BCUT2D eigenvalue weighted by Crippen LogP contribution is 2.24. The molecule has 1 aromatic rings. The number of aryl methyl sites for hydroxylation is 1. The highest BCUT2D eigenvalue weighted by Gasteiger charge is 1.98. The van der Waals surface area contributed by atoms with Gasteiger partial charge >= 0.3 is 0 Å². The molecule has 1 aromatic carbocycles. The molecule has 0 aliphatic heterocycles. The van der Waals surface area contributed by atoms with Crippen molar-refractivity contribution in [3.05, 3.63) is 23.8 Å². The number of nitrogens with zero attached hydrogens (tertiary/aromatic N) is 1. The van der Waals surface area contributed by atoms with Crippen molar-refractivity contribution < 1.29 is 4.74 Å². The van der Waals surface area contributed by atoms with E-state index in [0.29, 0.717) is 0 Å². The Balaban J connectivity index is 2.83. The number of rotatable bonds is 4. The lowest BCUT2D eigenvalue weighted by Crippen LogP contribution is -1.94. The van der Waals surface area contributed by atoms with Crippen LogP contribution in [0.15, 0.2) is 23.2 Å². The van der Waals surface area contributed by atoms with Crippen molar-refractivity contribution in [3.63, 3.8) is 0 Å². The maximum absolute atomic E-state index is 5.52. The normalized spacial score (nSPS) is 10.8. The molecule has 0 aliphatic carbocycles. The second-order valence-corrected chi connectivity index (χ2v) is 3.18. The van der Waals surface area contributed by atoms with Crippen molar-refractivity contribution in [1.82, 2.24) is 0 Å². The second-order valence-electron chi connectivity index (χ2n) is 3.18. The minimum Gasteiger partial charge on any atom is -0.494 e. The van der Waals surface area contributed by atoms with Gasteiger partial charge in [0.1, 0.15) is 5.75 Å². The average molecular weight is 191 g/mol. The zero-order valence-electron chi connectivity index (χ0n) is 9.08. The van der Waals surface area contributed by atoms with Crippen LogP contribution in [0.3, 0.4) is 0 Å². The molecule has 0 aliphatic rings. The molecule has 0 unspecified atom stereocenters. The SMILES string of the molecule is CC=Nc1cc(OCCC)ccc1C. The Bertz CT molecular complexity index is 318. The third-order valence-electron chi connectivity index (χ3n) is 1.92. The van der Waals surface area contributed by atoms with Crippen molar-refractivity contribution in [2.45, 2.75) is 27.2 Å².